The number of hydrogen-bond acceptors (Lipinski definition) is 4. The number of halogens is 2. The monoisotopic (exact) mass is 472 g/mol. The van der Waals surface area contributed by atoms with Gasteiger partial charge < -0.3 is 9.88 Å². The molecule has 7 heteroatoms. The lowest BCUT2D eigenvalue weighted by atomic mass is 9.90. The van der Waals surface area contributed by atoms with Gasteiger partial charge in [-0.1, -0.05) is 18.2 Å². The summed E-state index contributed by atoms with van der Waals surface area (Å²) in [6, 6.07) is 8.69. The Morgan fingerprint density at radius 2 is 2.03 bits per heavy atom. The number of aromatic amines is 1. The van der Waals surface area contributed by atoms with E-state index in [-0.39, 0.29) is 18.8 Å². The first kappa shape index (κ1) is 22.9. The molecule has 0 amide bonds. The van der Waals surface area contributed by atoms with E-state index in [1.54, 1.807) is 25.2 Å². The molecule has 33 heavy (non-hydrogen) atoms. The lowest BCUT2D eigenvalue weighted by Gasteiger charge is -2.42. The molecule has 4 heterocycles. The van der Waals surface area contributed by atoms with Crippen molar-refractivity contribution in [3.05, 3.63) is 51.6 Å². The highest BCUT2D eigenvalue weighted by Gasteiger charge is 2.39. The van der Waals surface area contributed by atoms with Crippen LogP contribution in [-0.2, 0) is 12.8 Å². The smallest absolute Gasteiger partial charge is 0.118 e. The molecule has 1 fully saturated rings. The Morgan fingerprint density at radius 1 is 1.24 bits per heavy atom. The number of aromatic nitrogens is 2. The van der Waals surface area contributed by atoms with Crippen molar-refractivity contribution in [3.63, 3.8) is 0 Å². The van der Waals surface area contributed by atoms with Gasteiger partial charge in [0.1, 0.15) is 5.67 Å². The van der Waals surface area contributed by atoms with Crippen molar-refractivity contribution in [2.75, 3.05) is 32.9 Å². The Morgan fingerprint density at radius 3 is 2.79 bits per heavy atom. The summed E-state index contributed by atoms with van der Waals surface area (Å²) < 4.78 is 27.3. The van der Waals surface area contributed by atoms with E-state index in [0.717, 1.165) is 43.0 Å². The number of nitrogens with one attached hydrogen (secondary N) is 1. The van der Waals surface area contributed by atoms with Crippen molar-refractivity contribution < 1.29 is 8.78 Å². The molecular weight excluding hydrogens is 438 g/mol. The zero-order valence-corrected chi connectivity index (χ0v) is 20.6. The lowest BCUT2D eigenvalue weighted by molar-refractivity contribution is 0.0678. The third-order valence-corrected chi connectivity index (χ3v) is 8.09. The standard InChI is InChI=1S/C26H34F2N4S/c1-17-11-20-19-7-4-5-8-21(19)30-24(20)25(32(17)16-26(2,3)28)22-13-29-23(33-22)12-18-14-31(15-18)10-6-9-27/h4-5,7-8,13,17-18,25,30H,6,9-12,14-16H2,1-3H3/t17-,25-/m1/s1. The van der Waals surface area contributed by atoms with Crippen LogP contribution in [0.5, 0.6) is 0 Å². The van der Waals surface area contributed by atoms with Crippen molar-refractivity contribution in [1.29, 1.82) is 0 Å². The van der Waals surface area contributed by atoms with Gasteiger partial charge in [0, 0.05) is 66.3 Å². The number of hydrogen-bond donors (Lipinski definition) is 1. The highest BCUT2D eigenvalue weighted by molar-refractivity contribution is 7.11. The normalized spacial score (nSPS) is 22.6. The third-order valence-electron chi connectivity index (χ3n) is 7.02. The first-order chi connectivity index (χ1) is 15.8. The molecule has 3 aromatic rings. The van der Waals surface area contributed by atoms with Crippen LogP contribution in [0.3, 0.4) is 0 Å². The predicted octanol–water partition coefficient (Wildman–Crippen LogP) is 5.54. The number of thiazole rings is 1. The van der Waals surface area contributed by atoms with Gasteiger partial charge in [-0.3, -0.25) is 9.29 Å². The number of rotatable bonds is 8. The minimum Gasteiger partial charge on any atom is -0.357 e. The maximum Gasteiger partial charge on any atom is 0.118 e. The third kappa shape index (κ3) is 4.73. The Kier molecular flexibility index (Phi) is 6.31. The Hall–Kier alpha value is -1.83. The van der Waals surface area contributed by atoms with Crippen molar-refractivity contribution in [1.82, 2.24) is 19.8 Å². The fourth-order valence-corrected chi connectivity index (χ4v) is 6.72. The molecule has 1 aromatic carbocycles. The van der Waals surface area contributed by atoms with Gasteiger partial charge in [0.15, 0.2) is 0 Å². The van der Waals surface area contributed by atoms with E-state index >= 15 is 0 Å². The molecule has 2 atom stereocenters. The molecule has 2 aromatic heterocycles. The summed E-state index contributed by atoms with van der Waals surface area (Å²) >= 11 is 1.77. The average molecular weight is 473 g/mol. The fourth-order valence-electron chi connectivity index (χ4n) is 5.56. The van der Waals surface area contributed by atoms with Gasteiger partial charge in [0.2, 0.25) is 0 Å². The molecule has 4 nitrogen and oxygen atoms in total. The second-order valence-electron chi connectivity index (χ2n) is 10.4. The largest absolute Gasteiger partial charge is 0.357 e. The molecular formula is C26H34F2N4S. The number of likely N-dealkylation sites (tertiary alicyclic amines) is 1. The minimum atomic E-state index is -1.28. The van der Waals surface area contributed by atoms with E-state index in [9.17, 15) is 8.78 Å². The van der Waals surface area contributed by atoms with Gasteiger partial charge in [-0.25, -0.2) is 9.37 Å². The van der Waals surface area contributed by atoms with E-state index in [0.29, 0.717) is 18.9 Å². The molecule has 0 bridgehead atoms. The second kappa shape index (κ2) is 9.08. The summed E-state index contributed by atoms with van der Waals surface area (Å²) in [6.45, 7) is 8.61. The second-order valence-corrected chi connectivity index (χ2v) is 11.6. The van der Waals surface area contributed by atoms with Gasteiger partial charge >= 0.3 is 0 Å². The molecule has 178 valence electrons. The van der Waals surface area contributed by atoms with Crippen LogP contribution in [0.25, 0.3) is 10.9 Å². The van der Waals surface area contributed by atoms with Crippen LogP contribution in [0.4, 0.5) is 8.78 Å². The summed E-state index contributed by atoms with van der Waals surface area (Å²) in [4.78, 5) is 14.3. The average Bonchev–Trinajstić information content (AvgIpc) is 3.34. The molecule has 0 unspecified atom stereocenters. The fraction of sp³-hybridized carbons (Fsp3) is 0.577. The predicted molar refractivity (Wildman–Crippen MR) is 132 cm³/mol. The molecule has 2 aliphatic heterocycles. The Balaban J connectivity index is 1.42. The summed E-state index contributed by atoms with van der Waals surface area (Å²) in [5.41, 5.74) is 2.41. The Bertz CT molecular complexity index is 1100. The quantitative estimate of drug-likeness (QED) is 0.467. The van der Waals surface area contributed by atoms with Crippen molar-refractivity contribution in [2.24, 2.45) is 5.92 Å². The maximum atomic E-state index is 14.9. The first-order valence-electron chi connectivity index (χ1n) is 12.1. The molecule has 5 rings (SSSR count). The van der Waals surface area contributed by atoms with Gasteiger partial charge in [0.25, 0.3) is 0 Å². The van der Waals surface area contributed by atoms with Crippen molar-refractivity contribution >= 4 is 22.2 Å². The number of fused-ring (bicyclic) bond motifs is 3. The molecule has 0 aliphatic carbocycles. The Labute approximate surface area is 199 Å². The molecule has 0 radical (unpaired) electrons. The number of benzene rings is 1. The van der Waals surface area contributed by atoms with Gasteiger partial charge in [-0.2, -0.15) is 0 Å². The summed E-state index contributed by atoms with van der Waals surface area (Å²) in [5.74, 6) is 0.596. The topological polar surface area (TPSA) is 35.2 Å². The van der Waals surface area contributed by atoms with Crippen molar-refractivity contribution in [3.8, 4) is 0 Å². The van der Waals surface area contributed by atoms with Gasteiger partial charge in [-0.15, -0.1) is 11.3 Å². The summed E-state index contributed by atoms with van der Waals surface area (Å²) in [7, 11) is 0. The highest BCUT2D eigenvalue weighted by Crippen LogP contribution is 2.43. The van der Waals surface area contributed by atoms with Gasteiger partial charge in [0.05, 0.1) is 17.7 Å². The van der Waals surface area contributed by atoms with Crippen LogP contribution in [0.2, 0.25) is 0 Å². The minimum absolute atomic E-state index is 0.0140. The summed E-state index contributed by atoms with van der Waals surface area (Å²) in [6.07, 6.45) is 4.51. The zero-order chi connectivity index (χ0) is 23.2. The highest BCUT2D eigenvalue weighted by atomic mass is 32.1. The van der Waals surface area contributed by atoms with Crippen LogP contribution < -0.4 is 0 Å². The maximum absolute atomic E-state index is 14.9. The zero-order valence-electron chi connectivity index (χ0n) is 19.8. The van der Waals surface area contributed by atoms with Crippen LogP contribution in [0.1, 0.15) is 54.4 Å². The number of H-pyrrole nitrogens is 1. The molecule has 2 aliphatic rings. The van der Waals surface area contributed by atoms with Crippen LogP contribution in [-0.4, -0.2) is 64.3 Å². The number of para-hydroxylation sites is 1. The lowest BCUT2D eigenvalue weighted by Crippen LogP contribution is -2.47. The van der Waals surface area contributed by atoms with E-state index in [4.69, 9.17) is 4.98 Å². The van der Waals surface area contributed by atoms with E-state index in [2.05, 4.69) is 46.0 Å². The van der Waals surface area contributed by atoms with Gasteiger partial charge in [-0.05, 0) is 51.2 Å². The van der Waals surface area contributed by atoms with E-state index in [1.165, 1.54) is 21.5 Å². The van der Waals surface area contributed by atoms with E-state index < -0.39 is 5.67 Å². The number of nitrogens with zero attached hydrogens (tertiary/aromatic N) is 3. The molecule has 1 N–H and O–H groups in total. The molecule has 1 saturated heterocycles. The molecule has 0 saturated carbocycles. The van der Waals surface area contributed by atoms with Crippen LogP contribution in [0, 0.1) is 5.92 Å². The van der Waals surface area contributed by atoms with Crippen molar-refractivity contribution in [2.45, 2.75) is 57.8 Å². The SMILES string of the molecule is C[C@@H]1Cc2c([nH]c3ccccc23)[C@@H](c2cnc(CC3CN(CCCF)C3)s2)N1CC(C)(C)F. The van der Waals surface area contributed by atoms with Crippen LogP contribution in [0.15, 0.2) is 30.5 Å². The van der Waals surface area contributed by atoms with E-state index in [1.807, 2.05) is 6.20 Å². The number of alkyl halides is 2. The summed E-state index contributed by atoms with van der Waals surface area (Å²) in [5, 5.41) is 2.42. The first-order valence-corrected chi connectivity index (χ1v) is 12.9. The van der Waals surface area contributed by atoms with Crippen LogP contribution >= 0.6 is 11.3 Å². The molecule has 0 spiro atoms.